The van der Waals surface area contributed by atoms with E-state index >= 15 is 0 Å². The van der Waals surface area contributed by atoms with Crippen LogP contribution in [0.5, 0.6) is 11.5 Å². The number of carbonyl (C=O) groups excluding carboxylic acids is 1. The molecule has 3 heterocycles. The Kier molecular flexibility index (Phi) is 5.93. The van der Waals surface area contributed by atoms with E-state index in [0.29, 0.717) is 17.1 Å². The van der Waals surface area contributed by atoms with Gasteiger partial charge in [-0.1, -0.05) is 42.5 Å². The Hall–Kier alpha value is -4.45. The maximum Gasteiger partial charge on any atom is 0.273 e. The standard InChI is InChI=1S/C31H29N3O3/c1-36-23-17-15-21(16-18-23)26-20-34-29(30(35)32-25-13-6-7-14-27(25)37-2)28(22-10-4-3-5-11-22)24-12-8-9-19-33(26)31(24)34/h3-7,10-11,13-18,20H,8-9,12,19H2,1-2H3,(H,32,35). The molecule has 37 heavy (non-hydrogen) atoms. The highest BCUT2D eigenvalue weighted by Crippen LogP contribution is 2.40. The first-order chi connectivity index (χ1) is 18.2. The number of aryl methyl sites for hydroxylation is 2. The van der Waals surface area contributed by atoms with Crippen LogP contribution in [0.2, 0.25) is 0 Å². The van der Waals surface area contributed by atoms with Gasteiger partial charge in [0, 0.05) is 23.9 Å². The molecule has 186 valence electrons. The fourth-order valence-electron chi connectivity index (χ4n) is 5.45. The van der Waals surface area contributed by atoms with Crippen LogP contribution in [0.1, 0.15) is 28.9 Å². The van der Waals surface area contributed by atoms with E-state index in [2.05, 4.69) is 44.7 Å². The first-order valence-electron chi connectivity index (χ1n) is 12.6. The van der Waals surface area contributed by atoms with Crippen molar-refractivity contribution >= 4 is 17.2 Å². The van der Waals surface area contributed by atoms with Gasteiger partial charge in [0.05, 0.1) is 25.6 Å². The molecule has 1 amide bonds. The number of nitrogens with one attached hydrogen (secondary N) is 1. The van der Waals surface area contributed by atoms with Gasteiger partial charge in [-0.05, 0) is 66.8 Å². The summed E-state index contributed by atoms with van der Waals surface area (Å²) in [6.07, 6.45) is 5.17. The van der Waals surface area contributed by atoms with Gasteiger partial charge in [-0.25, -0.2) is 0 Å². The van der Waals surface area contributed by atoms with E-state index in [4.69, 9.17) is 9.47 Å². The smallest absolute Gasteiger partial charge is 0.273 e. The summed E-state index contributed by atoms with van der Waals surface area (Å²) in [5, 5.41) is 3.13. The Morgan fingerprint density at radius 2 is 1.59 bits per heavy atom. The molecule has 0 aliphatic carbocycles. The average Bonchev–Trinajstić information content (AvgIpc) is 3.37. The highest BCUT2D eigenvalue weighted by atomic mass is 16.5. The van der Waals surface area contributed by atoms with E-state index in [0.717, 1.165) is 59.6 Å². The SMILES string of the molecule is COc1ccc(-c2cn3c(C(=O)Nc4ccccc4OC)c(-c4ccccc4)c4c3n2CCCC4)cc1. The van der Waals surface area contributed by atoms with Crippen molar-refractivity contribution in [3.05, 3.63) is 96.3 Å². The van der Waals surface area contributed by atoms with Crippen molar-refractivity contribution < 1.29 is 14.3 Å². The van der Waals surface area contributed by atoms with Crippen LogP contribution in [-0.4, -0.2) is 29.1 Å². The minimum absolute atomic E-state index is 0.163. The molecule has 1 N–H and O–H groups in total. The summed E-state index contributed by atoms with van der Waals surface area (Å²) in [6.45, 7) is 0.899. The number of aromatic nitrogens is 2. The maximum atomic E-state index is 14.1. The van der Waals surface area contributed by atoms with Crippen LogP contribution in [-0.2, 0) is 13.0 Å². The van der Waals surface area contributed by atoms with Gasteiger partial charge >= 0.3 is 0 Å². The number of nitrogens with zero attached hydrogens (tertiary/aromatic N) is 2. The summed E-state index contributed by atoms with van der Waals surface area (Å²) < 4.78 is 15.3. The van der Waals surface area contributed by atoms with Gasteiger partial charge in [0.2, 0.25) is 0 Å². The van der Waals surface area contributed by atoms with E-state index in [1.165, 1.54) is 5.56 Å². The Bertz CT molecular complexity index is 1580. The van der Waals surface area contributed by atoms with E-state index in [9.17, 15) is 4.79 Å². The number of amides is 1. The number of hydrogen-bond donors (Lipinski definition) is 1. The third-order valence-electron chi connectivity index (χ3n) is 7.15. The molecule has 0 unspecified atom stereocenters. The fourth-order valence-corrected chi connectivity index (χ4v) is 5.45. The second kappa shape index (κ2) is 9.54. The molecule has 0 saturated heterocycles. The number of para-hydroxylation sites is 2. The van der Waals surface area contributed by atoms with E-state index in [1.54, 1.807) is 14.2 Å². The topological polar surface area (TPSA) is 56.9 Å². The van der Waals surface area contributed by atoms with Gasteiger partial charge in [-0.2, -0.15) is 0 Å². The second-order valence-electron chi connectivity index (χ2n) is 9.27. The van der Waals surface area contributed by atoms with Crippen molar-refractivity contribution in [2.45, 2.75) is 25.8 Å². The molecule has 2 aromatic heterocycles. The lowest BCUT2D eigenvalue weighted by Gasteiger charge is -2.12. The van der Waals surface area contributed by atoms with Gasteiger partial charge in [0.15, 0.2) is 0 Å². The highest BCUT2D eigenvalue weighted by Gasteiger charge is 2.29. The van der Waals surface area contributed by atoms with Gasteiger partial charge in [0.1, 0.15) is 22.8 Å². The first kappa shape index (κ1) is 23.0. The van der Waals surface area contributed by atoms with Crippen molar-refractivity contribution in [3.63, 3.8) is 0 Å². The highest BCUT2D eigenvalue weighted by molar-refractivity contribution is 6.10. The predicted octanol–water partition coefficient (Wildman–Crippen LogP) is 6.68. The van der Waals surface area contributed by atoms with Crippen LogP contribution >= 0.6 is 0 Å². The average molecular weight is 492 g/mol. The molecule has 3 aromatic carbocycles. The van der Waals surface area contributed by atoms with Gasteiger partial charge < -0.3 is 19.4 Å². The molecule has 5 aromatic rings. The molecule has 0 fully saturated rings. The summed E-state index contributed by atoms with van der Waals surface area (Å²) in [4.78, 5) is 14.1. The van der Waals surface area contributed by atoms with Crippen LogP contribution in [0.25, 0.3) is 28.0 Å². The number of rotatable bonds is 6. The van der Waals surface area contributed by atoms with E-state index in [1.807, 2.05) is 54.6 Å². The molecule has 6 rings (SSSR count). The number of anilines is 1. The number of hydrogen-bond acceptors (Lipinski definition) is 3. The second-order valence-corrected chi connectivity index (χ2v) is 9.27. The van der Waals surface area contributed by atoms with Crippen LogP contribution in [0.3, 0.4) is 0 Å². The lowest BCUT2D eigenvalue weighted by molar-refractivity contribution is 0.102. The van der Waals surface area contributed by atoms with Gasteiger partial charge in [-0.15, -0.1) is 0 Å². The summed E-state index contributed by atoms with van der Waals surface area (Å²) in [5.41, 5.74) is 7.82. The Labute approximate surface area is 216 Å². The number of methoxy groups -OCH3 is 2. The monoisotopic (exact) mass is 491 g/mol. The van der Waals surface area contributed by atoms with Crippen molar-refractivity contribution in [1.29, 1.82) is 0 Å². The van der Waals surface area contributed by atoms with Gasteiger partial charge in [0.25, 0.3) is 5.91 Å². The van der Waals surface area contributed by atoms with Crippen LogP contribution in [0, 0.1) is 0 Å². The van der Waals surface area contributed by atoms with Crippen LogP contribution in [0.15, 0.2) is 85.1 Å². The predicted molar refractivity (Wildman–Crippen MR) is 147 cm³/mol. The summed E-state index contributed by atoms with van der Waals surface area (Å²) >= 11 is 0. The largest absolute Gasteiger partial charge is 0.497 e. The zero-order valence-corrected chi connectivity index (χ0v) is 21.0. The lowest BCUT2D eigenvalue weighted by Crippen LogP contribution is -2.16. The molecule has 0 saturated carbocycles. The zero-order valence-electron chi connectivity index (χ0n) is 21.0. The summed E-state index contributed by atoms with van der Waals surface area (Å²) in [6, 6.07) is 25.9. The normalized spacial score (nSPS) is 12.8. The molecule has 0 atom stereocenters. The maximum absolute atomic E-state index is 14.1. The number of ether oxygens (including phenoxy) is 2. The van der Waals surface area contributed by atoms with E-state index in [-0.39, 0.29) is 5.91 Å². The molecule has 0 spiro atoms. The summed E-state index contributed by atoms with van der Waals surface area (Å²) in [5.74, 6) is 1.29. The number of benzene rings is 3. The van der Waals surface area contributed by atoms with Crippen molar-refractivity contribution in [1.82, 2.24) is 8.97 Å². The molecule has 0 radical (unpaired) electrons. The minimum atomic E-state index is -0.163. The Morgan fingerprint density at radius 3 is 2.35 bits per heavy atom. The van der Waals surface area contributed by atoms with Gasteiger partial charge in [-0.3, -0.25) is 9.20 Å². The Balaban J connectivity index is 1.59. The summed E-state index contributed by atoms with van der Waals surface area (Å²) in [7, 11) is 3.29. The third-order valence-corrected chi connectivity index (χ3v) is 7.15. The van der Waals surface area contributed by atoms with Crippen molar-refractivity contribution in [2.75, 3.05) is 19.5 Å². The number of imidazole rings is 1. The van der Waals surface area contributed by atoms with Crippen molar-refractivity contribution in [3.8, 4) is 33.9 Å². The molecule has 1 aliphatic heterocycles. The first-order valence-corrected chi connectivity index (χ1v) is 12.6. The molecule has 0 bridgehead atoms. The molecular formula is C31H29N3O3. The quantitative estimate of drug-likeness (QED) is 0.288. The molecular weight excluding hydrogens is 462 g/mol. The van der Waals surface area contributed by atoms with Crippen molar-refractivity contribution in [2.24, 2.45) is 0 Å². The third kappa shape index (κ3) is 3.95. The Morgan fingerprint density at radius 1 is 0.838 bits per heavy atom. The minimum Gasteiger partial charge on any atom is -0.497 e. The zero-order chi connectivity index (χ0) is 25.4. The van der Waals surface area contributed by atoms with E-state index < -0.39 is 0 Å². The van der Waals surface area contributed by atoms with Crippen LogP contribution in [0.4, 0.5) is 5.69 Å². The van der Waals surface area contributed by atoms with Crippen LogP contribution < -0.4 is 14.8 Å². The number of carbonyl (C=O) groups is 1. The molecule has 6 heteroatoms. The lowest BCUT2D eigenvalue weighted by atomic mass is 9.98. The fraction of sp³-hybridized carbons (Fsp3) is 0.194. The molecule has 1 aliphatic rings. The molecule has 6 nitrogen and oxygen atoms in total.